The van der Waals surface area contributed by atoms with Crippen molar-refractivity contribution in [1.82, 2.24) is 15.0 Å². The molecule has 0 aromatic carbocycles. The van der Waals surface area contributed by atoms with Gasteiger partial charge in [-0.25, -0.2) is 20.8 Å². The Morgan fingerprint density at radius 2 is 2.10 bits per heavy atom. The Morgan fingerprint density at radius 3 is 2.75 bits per heavy atom. The van der Waals surface area contributed by atoms with E-state index in [1.807, 2.05) is 13.0 Å². The second-order valence-electron chi connectivity index (χ2n) is 5.25. The van der Waals surface area contributed by atoms with Crippen LogP contribution in [0.1, 0.15) is 53.8 Å². The number of nitrogens with one attached hydrogen (secondary N) is 1. The summed E-state index contributed by atoms with van der Waals surface area (Å²) in [6, 6.07) is 1.98. The summed E-state index contributed by atoms with van der Waals surface area (Å²) in [6.07, 6.45) is 5.69. The number of nitrogens with two attached hydrogens (primary N) is 1. The standard InChI is InChI=1S/C14H19N5S/c1-9-16-11(8-20-9)6-13-17-12(7-14(18-13)19-15)10-4-2-3-5-10/h7-8,10H,2-6,15H2,1H3,(H,17,18,19). The first-order chi connectivity index (χ1) is 9.74. The Morgan fingerprint density at radius 1 is 1.30 bits per heavy atom. The normalized spacial score (nSPS) is 15.7. The summed E-state index contributed by atoms with van der Waals surface area (Å²) < 4.78 is 0. The SMILES string of the molecule is Cc1nc(Cc2nc(NN)cc(C3CCCC3)n2)cs1. The molecule has 2 heterocycles. The summed E-state index contributed by atoms with van der Waals surface area (Å²) in [5.74, 6) is 7.58. The van der Waals surface area contributed by atoms with Crippen molar-refractivity contribution in [1.29, 1.82) is 0 Å². The number of hydrazine groups is 1. The van der Waals surface area contributed by atoms with E-state index in [0.29, 0.717) is 18.2 Å². The molecule has 3 N–H and O–H groups in total. The topological polar surface area (TPSA) is 76.7 Å². The molecule has 0 spiro atoms. The van der Waals surface area contributed by atoms with Crippen molar-refractivity contribution in [3.05, 3.63) is 33.7 Å². The third-order valence-corrected chi connectivity index (χ3v) is 4.54. The second kappa shape index (κ2) is 5.85. The number of thiazole rings is 1. The van der Waals surface area contributed by atoms with Crippen LogP contribution in [-0.2, 0) is 6.42 Å². The van der Waals surface area contributed by atoms with Gasteiger partial charge in [-0.2, -0.15) is 0 Å². The van der Waals surface area contributed by atoms with Gasteiger partial charge in [-0.1, -0.05) is 12.8 Å². The van der Waals surface area contributed by atoms with E-state index in [4.69, 9.17) is 10.8 Å². The first-order valence-corrected chi connectivity index (χ1v) is 7.88. The van der Waals surface area contributed by atoms with Gasteiger partial charge in [-0.05, 0) is 19.8 Å². The first kappa shape index (κ1) is 13.5. The maximum atomic E-state index is 5.53. The van der Waals surface area contributed by atoms with Gasteiger partial charge in [0, 0.05) is 23.1 Å². The molecule has 106 valence electrons. The van der Waals surface area contributed by atoms with Crippen LogP contribution < -0.4 is 11.3 Å². The first-order valence-electron chi connectivity index (χ1n) is 7.00. The van der Waals surface area contributed by atoms with Gasteiger partial charge in [0.05, 0.1) is 17.1 Å². The molecule has 0 amide bonds. The Kier molecular flexibility index (Phi) is 3.93. The zero-order valence-electron chi connectivity index (χ0n) is 11.6. The molecule has 1 saturated carbocycles. The molecule has 0 unspecified atom stereocenters. The van der Waals surface area contributed by atoms with Gasteiger partial charge in [0.25, 0.3) is 0 Å². The van der Waals surface area contributed by atoms with Gasteiger partial charge in [0.2, 0.25) is 0 Å². The van der Waals surface area contributed by atoms with Crippen LogP contribution in [0.5, 0.6) is 0 Å². The molecule has 3 rings (SSSR count). The zero-order chi connectivity index (χ0) is 13.9. The average Bonchev–Trinajstić information content (AvgIpc) is 3.10. The van der Waals surface area contributed by atoms with Crippen LogP contribution in [-0.4, -0.2) is 15.0 Å². The summed E-state index contributed by atoms with van der Waals surface area (Å²) in [6.45, 7) is 2.01. The molecule has 0 atom stereocenters. The molecule has 6 heteroatoms. The van der Waals surface area contributed by atoms with Crippen molar-refractivity contribution in [3.63, 3.8) is 0 Å². The van der Waals surface area contributed by atoms with Crippen molar-refractivity contribution in [3.8, 4) is 0 Å². The fourth-order valence-corrected chi connectivity index (χ4v) is 3.37. The molecule has 2 aromatic heterocycles. The Hall–Kier alpha value is -1.53. The Labute approximate surface area is 122 Å². The van der Waals surface area contributed by atoms with Crippen molar-refractivity contribution in [2.45, 2.75) is 44.9 Å². The quantitative estimate of drug-likeness (QED) is 0.668. The number of hydrogen-bond donors (Lipinski definition) is 2. The molecule has 0 saturated heterocycles. The van der Waals surface area contributed by atoms with Gasteiger partial charge in [0.15, 0.2) is 0 Å². The van der Waals surface area contributed by atoms with E-state index in [2.05, 4.69) is 20.8 Å². The number of rotatable bonds is 4. The monoisotopic (exact) mass is 289 g/mol. The molecule has 0 bridgehead atoms. The fourth-order valence-electron chi connectivity index (χ4n) is 2.75. The maximum Gasteiger partial charge on any atom is 0.143 e. The average molecular weight is 289 g/mol. The highest BCUT2D eigenvalue weighted by Gasteiger charge is 2.20. The molecule has 2 aromatic rings. The molecule has 5 nitrogen and oxygen atoms in total. The van der Waals surface area contributed by atoms with E-state index in [0.717, 1.165) is 22.2 Å². The third kappa shape index (κ3) is 2.96. The zero-order valence-corrected chi connectivity index (χ0v) is 12.4. The van der Waals surface area contributed by atoms with Gasteiger partial charge >= 0.3 is 0 Å². The number of anilines is 1. The lowest BCUT2D eigenvalue weighted by molar-refractivity contribution is 0.686. The molecule has 1 aliphatic carbocycles. The van der Waals surface area contributed by atoms with E-state index in [1.54, 1.807) is 11.3 Å². The van der Waals surface area contributed by atoms with Gasteiger partial charge in [0.1, 0.15) is 11.6 Å². The van der Waals surface area contributed by atoms with Crippen LogP contribution in [0.4, 0.5) is 5.82 Å². The summed E-state index contributed by atoms with van der Waals surface area (Å²) in [4.78, 5) is 13.6. The van der Waals surface area contributed by atoms with E-state index in [9.17, 15) is 0 Å². The lowest BCUT2D eigenvalue weighted by Gasteiger charge is -2.11. The predicted octanol–water partition coefficient (Wildman–Crippen LogP) is 2.78. The molecule has 0 aliphatic heterocycles. The van der Waals surface area contributed by atoms with Crippen molar-refractivity contribution >= 4 is 17.2 Å². The molecular weight excluding hydrogens is 270 g/mol. The number of aryl methyl sites for hydroxylation is 1. The van der Waals surface area contributed by atoms with Gasteiger partial charge in [-0.3, -0.25) is 0 Å². The molecule has 0 radical (unpaired) electrons. The van der Waals surface area contributed by atoms with E-state index in [1.165, 1.54) is 25.7 Å². The summed E-state index contributed by atoms with van der Waals surface area (Å²) >= 11 is 1.66. The molecule has 20 heavy (non-hydrogen) atoms. The Bertz CT molecular complexity index is 589. The summed E-state index contributed by atoms with van der Waals surface area (Å²) in [5, 5.41) is 3.14. The van der Waals surface area contributed by atoms with Crippen LogP contribution in [0, 0.1) is 6.92 Å². The van der Waals surface area contributed by atoms with Crippen LogP contribution in [0.2, 0.25) is 0 Å². The highest BCUT2D eigenvalue weighted by Crippen LogP contribution is 2.33. The lowest BCUT2D eigenvalue weighted by Crippen LogP contribution is -2.13. The van der Waals surface area contributed by atoms with Crippen LogP contribution >= 0.6 is 11.3 Å². The molecular formula is C14H19N5S. The molecule has 1 aliphatic rings. The van der Waals surface area contributed by atoms with Crippen molar-refractivity contribution in [2.75, 3.05) is 5.43 Å². The summed E-state index contributed by atoms with van der Waals surface area (Å²) in [7, 11) is 0. The number of nitrogen functional groups attached to an aromatic ring is 1. The summed E-state index contributed by atoms with van der Waals surface area (Å²) in [5.41, 5.74) is 4.80. The Balaban J connectivity index is 1.87. The minimum Gasteiger partial charge on any atom is -0.308 e. The number of nitrogens with zero attached hydrogens (tertiary/aromatic N) is 3. The van der Waals surface area contributed by atoms with Crippen molar-refractivity contribution in [2.24, 2.45) is 5.84 Å². The van der Waals surface area contributed by atoms with Crippen LogP contribution in [0.15, 0.2) is 11.4 Å². The number of aromatic nitrogens is 3. The highest BCUT2D eigenvalue weighted by molar-refractivity contribution is 7.09. The van der Waals surface area contributed by atoms with E-state index < -0.39 is 0 Å². The fraction of sp³-hybridized carbons (Fsp3) is 0.500. The number of hydrogen-bond acceptors (Lipinski definition) is 6. The van der Waals surface area contributed by atoms with E-state index >= 15 is 0 Å². The largest absolute Gasteiger partial charge is 0.308 e. The van der Waals surface area contributed by atoms with Gasteiger partial charge in [-0.15, -0.1) is 11.3 Å². The van der Waals surface area contributed by atoms with Gasteiger partial charge < -0.3 is 5.43 Å². The second-order valence-corrected chi connectivity index (χ2v) is 6.32. The minimum atomic E-state index is 0.557. The third-order valence-electron chi connectivity index (χ3n) is 3.72. The van der Waals surface area contributed by atoms with Crippen LogP contribution in [0.25, 0.3) is 0 Å². The van der Waals surface area contributed by atoms with Crippen molar-refractivity contribution < 1.29 is 0 Å². The minimum absolute atomic E-state index is 0.557. The predicted molar refractivity (Wildman–Crippen MR) is 80.7 cm³/mol. The highest BCUT2D eigenvalue weighted by atomic mass is 32.1. The maximum absolute atomic E-state index is 5.53. The van der Waals surface area contributed by atoms with Crippen LogP contribution in [0.3, 0.4) is 0 Å². The lowest BCUT2D eigenvalue weighted by atomic mass is 10.0. The smallest absolute Gasteiger partial charge is 0.143 e. The molecule has 1 fully saturated rings. The van der Waals surface area contributed by atoms with E-state index in [-0.39, 0.29) is 0 Å².